The number of nitrogens with zero attached hydrogens (tertiary/aromatic N) is 4. The van der Waals surface area contributed by atoms with E-state index in [4.69, 9.17) is 0 Å². The van der Waals surface area contributed by atoms with Crippen molar-refractivity contribution in [2.45, 2.75) is 100 Å². The minimum absolute atomic E-state index is 0.452. The molecule has 0 spiro atoms. The molecule has 1 fully saturated rings. The molecule has 192 valence electrons. The topological polar surface area (TPSA) is 54.6 Å². The first-order valence-corrected chi connectivity index (χ1v) is 13.1. The molecule has 2 aromatic rings. The van der Waals surface area contributed by atoms with Crippen molar-refractivity contribution in [2.75, 3.05) is 5.32 Å². The number of allylic oxidation sites excluding steroid dienone is 4. The molecular formula is C30H47N5. The Hall–Kier alpha value is -2.69. The van der Waals surface area contributed by atoms with Gasteiger partial charge in [-0.25, -0.2) is 9.50 Å². The van der Waals surface area contributed by atoms with Gasteiger partial charge in [-0.3, -0.25) is 4.99 Å². The van der Waals surface area contributed by atoms with Crippen LogP contribution in [0, 0.1) is 11.3 Å². The lowest BCUT2D eigenvalue weighted by molar-refractivity contribution is 0.232. The summed E-state index contributed by atoms with van der Waals surface area (Å²) in [6.45, 7) is 23.7. The van der Waals surface area contributed by atoms with Gasteiger partial charge in [-0.2, -0.15) is 0 Å². The Morgan fingerprint density at radius 2 is 1.83 bits per heavy atom. The lowest BCUT2D eigenvalue weighted by Crippen LogP contribution is -2.30. The standard InChI is InChI=1S/C25H35N5.C5H12/c1-17(2)22(27-18(3)4)9-8-19(5)21-12-15-30-23(21)16-26-24(29-30)28-20-10-13-25(6,7)14-11-20;1-4-5(2)3/h8-9,12,15-16,20H,5,10-11,13-14H2,1-4,6-7H3,(H,28,29);5H,4H2,1-3H3/b9-8-;. The van der Waals surface area contributed by atoms with E-state index in [0.717, 1.165) is 34.0 Å². The van der Waals surface area contributed by atoms with Gasteiger partial charge in [0.05, 0.1) is 17.4 Å². The molecule has 2 aromatic heterocycles. The average Bonchev–Trinajstić information content (AvgIpc) is 3.21. The normalized spacial score (nSPS) is 15.6. The summed E-state index contributed by atoms with van der Waals surface area (Å²) in [5.74, 6) is 1.57. The van der Waals surface area contributed by atoms with Crippen molar-refractivity contribution in [2.24, 2.45) is 16.3 Å². The highest BCUT2D eigenvalue weighted by molar-refractivity contribution is 5.83. The van der Waals surface area contributed by atoms with Gasteiger partial charge in [0.15, 0.2) is 0 Å². The Morgan fingerprint density at radius 1 is 1.20 bits per heavy atom. The van der Waals surface area contributed by atoms with Gasteiger partial charge < -0.3 is 5.32 Å². The Morgan fingerprint density at radius 3 is 2.37 bits per heavy atom. The van der Waals surface area contributed by atoms with Crippen LogP contribution in [0.25, 0.3) is 11.1 Å². The highest BCUT2D eigenvalue weighted by atomic mass is 15.3. The zero-order valence-electron chi connectivity index (χ0n) is 23.6. The van der Waals surface area contributed by atoms with Crippen molar-refractivity contribution >= 4 is 22.7 Å². The van der Waals surface area contributed by atoms with Gasteiger partial charge >= 0.3 is 0 Å². The fourth-order valence-electron chi connectivity index (χ4n) is 3.79. The van der Waals surface area contributed by atoms with Crippen molar-refractivity contribution in [3.8, 4) is 0 Å². The number of nitrogens with one attached hydrogen (secondary N) is 1. The van der Waals surface area contributed by atoms with Gasteiger partial charge in [0.25, 0.3) is 0 Å². The van der Waals surface area contributed by atoms with Crippen LogP contribution in [-0.4, -0.2) is 26.4 Å². The molecule has 35 heavy (non-hydrogen) atoms. The van der Waals surface area contributed by atoms with Gasteiger partial charge in [0.1, 0.15) is 0 Å². The molecule has 0 bridgehead atoms. The first-order chi connectivity index (χ1) is 16.4. The minimum Gasteiger partial charge on any atom is -0.350 e. The SMILES string of the molecule is C=C(/C=C\C(N=C(C)C)=C(C)C)c1ccn2nc(NC3CCC(C)(C)CC3)ncc12.CCC(C)C. The summed E-state index contributed by atoms with van der Waals surface area (Å²) in [5.41, 5.74) is 6.53. The molecule has 3 rings (SSSR count). The maximum Gasteiger partial charge on any atom is 0.241 e. The summed E-state index contributed by atoms with van der Waals surface area (Å²) < 4.78 is 1.88. The number of fused-ring (bicyclic) bond motifs is 1. The van der Waals surface area contributed by atoms with Crippen LogP contribution in [-0.2, 0) is 0 Å². The first kappa shape index (κ1) is 28.5. The second-order valence-corrected chi connectivity index (χ2v) is 11.3. The van der Waals surface area contributed by atoms with E-state index < -0.39 is 0 Å². The number of hydrogen-bond donors (Lipinski definition) is 1. The molecule has 0 amide bonds. The average molecular weight is 478 g/mol. The van der Waals surface area contributed by atoms with Crippen molar-refractivity contribution in [3.05, 3.63) is 54.0 Å². The summed E-state index contributed by atoms with van der Waals surface area (Å²) in [4.78, 5) is 9.17. The summed E-state index contributed by atoms with van der Waals surface area (Å²) in [5, 5.41) is 8.19. The Labute approximate surface area is 213 Å². The number of aromatic nitrogens is 3. The molecule has 0 radical (unpaired) electrons. The molecule has 1 aliphatic carbocycles. The Kier molecular flexibility index (Phi) is 10.5. The van der Waals surface area contributed by atoms with Gasteiger partial charge in [-0.05, 0) is 82.4 Å². The van der Waals surface area contributed by atoms with E-state index >= 15 is 0 Å². The summed E-state index contributed by atoms with van der Waals surface area (Å²) >= 11 is 0. The van der Waals surface area contributed by atoms with Gasteiger partial charge in [-0.1, -0.05) is 59.3 Å². The molecular weight excluding hydrogens is 430 g/mol. The molecule has 0 aromatic carbocycles. The molecule has 0 atom stereocenters. The van der Waals surface area contributed by atoms with E-state index in [1.807, 2.05) is 49.0 Å². The Balaban J connectivity index is 0.000000784. The van der Waals surface area contributed by atoms with Crippen LogP contribution in [0.5, 0.6) is 0 Å². The van der Waals surface area contributed by atoms with Crippen molar-refractivity contribution in [3.63, 3.8) is 0 Å². The van der Waals surface area contributed by atoms with Crippen molar-refractivity contribution in [1.82, 2.24) is 14.6 Å². The third-order valence-electron chi connectivity index (χ3n) is 6.55. The molecule has 5 nitrogen and oxygen atoms in total. The number of hydrogen-bond acceptors (Lipinski definition) is 4. The van der Waals surface area contributed by atoms with Crippen LogP contribution in [0.15, 0.2) is 53.5 Å². The smallest absolute Gasteiger partial charge is 0.241 e. The second kappa shape index (κ2) is 12.9. The van der Waals surface area contributed by atoms with E-state index in [9.17, 15) is 0 Å². The summed E-state index contributed by atoms with van der Waals surface area (Å²) in [6.07, 6.45) is 14.0. The molecule has 0 unspecified atom stereocenters. The summed E-state index contributed by atoms with van der Waals surface area (Å²) in [7, 11) is 0. The number of rotatable bonds is 7. The highest BCUT2D eigenvalue weighted by Gasteiger charge is 2.27. The van der Waals surface area contributed by atoms with Crippen LogP contribution in [0.1, 0.15) is 100.0 Å². The van der Waals surface area contributed by atoms with Crippen molar-refractivity contribution < 1.29 is 0 Å². The molecule has 1 N–H and O–H groups in total. The second-order valence-electron chi connectivity index (χ2n) is 11.3. The fourth-order valence-corrected chi connectivity index (χ4v) is 3.79. The maximum absolute atomic E-state index is 4.67. The lowest BCUT2D eigenvalue weighted by Gasteiger charge is -2.34. The third-order valence-corrected chi connectivity index (χ3v) is 6.55. The van der Waals surface area contributed by atoms with E-state index in [2.05, 4.69) is 75.4 Å². The van der Waals surface area contributed by atoms with E-state index in [0.29, 0.717) is 17.4 Å². The molecule has 1 saturated carbocycles. The third kappa shape index (κ3) is 9.12. The number of aliphatic imine (C=N–C) groups is 1. The minimum atomic E-state index is 0.452. The van der Waals surface area contributed by atoms with Crippen LogP contribution < -0.4 is 5.32 Å². The van der Waals surface area contributed by atoms with Crippen LogP contribution in [0.2, 0.25) is 0 Å². The highest BCUT2D eigenvalue weighted by Crippen LogP contribution is 2.35. The van der Waals surface area contributed by atoms with E-state index in [1.165, 1.54) is 37.7 Å². The van der Waals surface area contributed by atoms with Gasteiger partial charge in [0.2, 0.25) is 5.95 Å². The van der Waals surface area contributed by atoms with Crippen molar-refractivity contribution in [1.29, 1.82) is 0 Å². The molecule has 2 heterocycles. The lowest BCUT2D eigenvalue weighted by atomic mass is 9.76. The number of anilines is 1. The van der Waals surface area contributed by atoms with Crippen LogP contribution >= 0.6 is 0 Å². The fraction of sp³-hybridized carbons (Fsp3) is 0.567. The van der Waals surface area contributed by atoms with Gasteiger partial charge in [-0.15, -0.1) is 5.10 Å². The summed E-state index contributed by atoms with van der Waals surface area (Å²) in [6, 6.07) is 2.49. The monoisotopic (exact) mass is 477 g/mol. The molecule has 1 aliphatic rings. The zero-order valence-corrected chi connectivity index (χ0v) is 23.6. The molecule has 0 saturated heterocycles. The maximum atomic E-state index is 4.67. The van der Waals surface area contributed by atoms with Gasteiger partial charge in [0, 0.05) is 23.5 Å². The largest absolute Gasteiger partial charge is 0.350 e. The molecule has 5 heteroatoms. The molecule has 0 aliphatic heterocycles. The van der Waals surface area contributed by atoms with E-state index in [-0.39, 0.29) is 0 Å². The Bertz CT molecular complexity index is 1060. The predicted molar refractivity (Wildman–Crippen MR) is 153 cm³/mol. The van der Waals surface area contributed by atoms with E-state index in [1.54, 1.807) is 0 Å². The first-order valence-electron chi connectivity index (χ1n) is 13.1. The zero-order chi connectivity index (χ0) is 26.2. The van der Waals surface area contributed by atoms with Crippen LogP contribution in [0.4, 0.5) is 5.95 Å². The predicted octanol–water partition coefficient (Wildman–Crippen LogP) is 8.51. The quantitative estimate of drug-likeness (QED) is 0.321. The van der Waals surface area contributed by atoms with Crippen LogP contribution in [0.3, 0.4) is 0 Å².